The van der Waals surface area contributed by atoms with Gasteiger partial charge >= 0.3 is 0 Å². The average Bonchev–Trinajstić information content (AvgIpc) is 3.19. The highest BCUT2D eigenvalue weighted by atomic mass is 16.7. The molecule has 0 saturated heterocycles. The molecule has 114 valence electrons. The number of amides is 1. The molecule has 1 saturated carbocycles. The lowest BCUT2D eigenvalue weighted by atomic mass is 10.2. The number of anilines is 1. The quantitative estimate of drug-likeness (QED) is 0.914. The van der Waals surface area contributed by atoms with E-state index in [0.29, 0.717) is 23.0 Å². The number of furan rings is 1. The second-order valence-corrected chi connectivity index (χ2v) is 5.85. The van der Waals surface area contributed by atoms with Crippen LogP contribution in [0.1, 0.15) is 42.0 Å². The first-order chi connectivity index (χ1) is 10.6. The Hall–Kier alpha value is -2.43. The van der Waals surface area contributed by atoms with E-state index in [1.54, 1.807) is 25.1 Å². The smallest absolute Gasteiger partial charge is 0.291 e. The lowest BCUT2D eigenvalue weighted by Crippen LogP contribution is -2.34. The van der Waals surface area contributed by atoms with E-state index in [0.717, 1.165) is 31.4 Å². The standard InChI is InChI=1S/C17H17NO4/c1-11-4-6-14(20-11)16(19)18-12-5-7-13-15(10-12)22-17(21-13)8-2-3-9-17/h4-7,10H,2-3,8-9H2,1H3,(H,18,19). The number of aryl methyl sites for hydroxylation is 1. The molecule has 1 fully saturated rings. The summed E-state index contributed by atoms with van der Waals surface area (Å²) in [6.45, 7) is 1.80. The number of hydrogen-bond donors (Lipinski definition) is 1. The van der Waals surface area contributed by atoms with Gasteiger partial charge in [-0.1, -0.05) is 0 Å². The third kappa shape index (κ3) is 2.22. The van der Waals surface area contributed by atoms with Crippen LogP contribution in [0.3, 0.4) is 0 Å². The van der Waals surface area contributed by atoms with E-state index in [1.807, 2.05) is 12.1 Å². The van der Waals surface area contributed by atoms with Gasteiger partial charge in [-0.2, -0.15) is 0 Å². The van der Waals surface area contributed by atoms with Crippen molar-refractivity contribution >= 4 is 11.6 Å². The second kappa shape index (κ2) is 4.80. The molecule has 1 N–H and O–H groups in total. The number of carbonyl (C=O) groups excluding carboxylic acids is 1. The van der Waals surface area contributed by atoms with Gasteiger partial charge in [-0.15, -0.1) is 0 Å². The Balaban J connectivity index is 1.52. The van der Waals surface area contributed by atoms with E-state index >= 15 is 0 Å². The fraction of sp³-hybridized carbons (Fsp3) is 0.353. The maximum absolute atomic E-state index is 12.1. The summed E-state index contributed by atoms with van der Waals surface area (Å²) < 4.78 is 17.3. The van der Waals surface area contributed by atoms with Gasteiger partial charge in [0.1, 0.15) is 5.76 Å². The molecule has 1 amide bonds. The maximum atomic E-state index is 12.1. The van der Waals surface area contributed by atoms with E-state index in [1.165, 1.54) is 0 Å². The van der Waals surface area contributed by atoms with Crippen LogP contribution in [0.5, 0.6) is 11.5 Å². The molecule has 2 aliphatic rings. The van der Waals surface area contributed by atoms with Gasteiger partial charge in [-0.25, -0.2) is 0 Å². The molecule has 0 atom stereocenters. The summed E-state index contributed by atoms with van der Waals surface area (Å²) in [5.74, 6) is 1.68. The molecule has 1 aromatic carbocycles. The van der Waals surface area contributed by atoms with Crippen LogP contribution in [-0.2, 0) is 0 Å². The highest BCUT2D eigenvalue weighted by molar-refractivity contribution is 6.02. The minimum atomic E-state index is -0.483. The zero-order valence-electron chi connectivity index (χ0n) is 12.3. The zero-order valence-corrected chi connectivity index (χ0v) is 12.3. The van der Waals surface area contributed by atoms with Crippen LogP contribution in [0.25, 0.3) is 0 Å². The molecule has 0 unspecified atom stereocenters. The lowest BCUT2D eigenvalue weighted by molar-refractivity contribution is -0.0716. The zero-order chi connectivity index (χ0) is 15.2. The van der Waals surface area contributed by atoms with E-state index in [2.05, 4.69) is 5.32 Å². The Kier molecular flexibility index (Phi) is 2.89. The maximum Gasteiger partial charge on any atom is 0.291 e. The van der Waals surface area contributed by atoms with Crippen LogP contribution < -0.4 is 14.8 Å². The van der Waals surface area contributed by atoms with E-state index in [-0.39, 0.29) is 5.91 Å². The highest BCUT2D eigenvalue weighted by Gasteiger charge is 2.44. The predicted molar refractivity (Wildman–Crippen MR) is 80.3 cm³/mol. The Bertz CT molecular complexity index is 728. The number of nitrogens with one attached hydrogen (secondary N) is 1. The number of carbonyl (C=O) groups is 1. The predicted octanol–water partition coefficient (Wildman–Crippen LogP) is 3.88. The van der Waals surface area contributed by atoms with Crippen molar-refractivity contribution in [3.05, 3.63) is 41.9 Å². The minimum Gasteiger partial charge on any atom is -0.456 e. The van der Waals surface area contributed by atoms with Gasteiger partial charge in [-0.05, 0) is 44.0 Å². The third-order valence-electron chi connectivity index (χ3n) is 4.12. The Morgan fingerprint density at radius 3 is 2.59 bits per heavy atom. The average molecular weight is 299 g/mol. The summed E-state index contributed by atoms with van der Waals surface area (Å²) in [5.41, 5.74) is 0.663. The molecule has 1 aliphatic carbocycles. The van der Waals surface area contributed by atoms with Crippen LogP contribution in [-0.4, -0.2) is 11.7 Å². The van der Waals surface area contributed by atoms with Crippen molar-refractivity contribution in [3.8, 4) is 11.5 Å². The summed E-state index contributed by atoms with van der Waals surface area (Å²) in [4.78, 5) is 12.1. The van der Waals surface area contributed by atoms with Crippen LogP contribution in [0.2, 0.25) is 0 Å². The van der Waals surface area contributed by atoms with Gasteiger partial charge in [0.05, 0.1) is 0 Å². The van der Waals surface area contributed by atoms with Crippen LogP contribution in [0.4, 0.5) is 5.69 Å². The third-order valence-corrected chi connectivity index (χ3v) is 4.12. The number of hydrogen-bond acceptors (Lipinski definition) is 4. The normalized spacial score (nSPS) is 17.9. The first kappa shape index (κ1) is 13.2. The van der Waals surface area contributed by atoms with Crippen molar-refractivity contribution in [2.45, 2.75) is 38.4 Å². The van der Waals surface area contributed by atoms with Gasteiger partial charge < -0.3 is 19.2 Å². The van der Waals surface area contributed by atoms with Crippen LogP contribution in [0.15, 0.2) is 34.7 Å². The summed E-state index contributed by atoms with van der Waals surface area (Å²) in [6.07, 6.45) is 4.06. The largest absolute Gasteiger partial charge is 0.456 e. The van der Waals surface area contributed by atoms with Crippen LogP contribution in [0, 0.1) is 6.92 Å². The van der Waals surface area contributed by atoms with Crippen molar-refractivity contribution in [2.75, 3.05) is 5.32 Å². The number of rotatable bonds is 2. The molecule has 1 spiro atoms. The Labute approximate surface area is 128 Å². The molecule has 1 aromatic heterocycles. The SMILES string of the molecule is Cc1ccc(C(=O)Nc2ccc3c(c2)OC2(CCCC2)O3)o1. The molecular formula is C17H17NO4. The van der Waals surface area contributed by atoms with Gasteiger partial charge in [0.2, 0.25) is 0 Å². The van der Waals surface area contributed by atoms with Crippen molar-refractivity contribution in [3.63, 3.8) is 0 Å². The fourth-order valence-electron chi connectivity index (χ4n) is 3.04. The fourth-order valence-corrected chi connectivity index (χ4v) is 3.04. The van der Waals surface area contributed by atoms with Crippen molar-refractivity contribution in [1.82, 2.24) is 0 Å². The molecule has 2 aromatic rings. The summed E-state index contributed by atoms with van der Waals surface area (Å²) in [5, 5.41) is 2.81. The molecule has 4 rings (SSSR count). The van der Waals surface area contributed by atoms with Crippen molar-refractivity contribution in [1.29, 1.82) is 0 Å². The Morgan fingerprint density at radius 2 is 1.86 bits per heavy atom. The summed E-state index contributed by atoms with van der Waals surface area (Å²) in [6, 6.07) is 8.87. The first-order valence-corrected chi connectivity index (χ1v) is 7.53. The van der Waals surface area contributed by atoms with Gasteiger partial charge in [0, 0.05) is 24.6 Å². The second-order valence-electron chi connectivity index (χ2n) is 5.85. The Morgan fingerprint density at radius 1 is 1.09 bits per heavy atom. The molecular weight excluding hydrogens is 282 g/mol. The monoisotopic (exact) mass is 299 g/mol. The molecule has 5 heteroatoms. The molecule has 0 bridgehead atoms. The molecule has 5 nitrogen and oxygen atoms in total. The summed E-state index contributed by atoms with van der Waals surface area (Å²) >= 11 is 0. The number of benzene rings is 1. The summed E-state index contributed by atoms with van der Waals surface area (Å²) in [7, 11) is 0. The number of fused-ring (bicyclic) bond motifs is 1. The van der Waals surface area contributed by atoms with E-state index in [9.17, 15) is 4.79 Å². The van der Waals surface area contributed by atoms with Crippen molar-refractivity contribution < 1.29 is 18.7 Å². The van der Waals surface area contributed by atoms with Gasteiger partial charge in [-0.3, -0.25) is 4.79 Å². The highest BCUT2D eigenvalue weighted by Crippen LogP contribution is 2.47. The van der Waals surface area contributed by atoms with Crippen LogP contribution >= 0.6 is 0 Å². The molecule has 1 aliphatic heterocycles. The van der Waals surface area contributed by atoms with E-state index < -0.39 is 5.79 Å². The number of ether oxygens (including phenoxy) is 2. The molecule has 22 heavy (non-hydrogen) atoms. The topological polar surface area (TPSA) is 60.7 Å². The lowest BCUT2D eigenvalue weighted by Gasteiger charge is -2.21. The minimum absolute atomic E-state index is 0.275. The van der Waals surface area contributed by atoms with Crippen molar-refractivity contribution in [2.24, 2.45) is 0 Å². The van der Waals surface area contributed by atoms with Gasteiger partial charge in [0.25, 0.3) is 11.7 Å². The molecule has 2 heterocycles. The van der Waals surface area contributed by atoms with E-state index in [4.69, 9.17) is 13.9 Å². The molecule has 0 radical (unpaired) electrons. The van der Waals surface area contributed by atoms with Gasteiger partial charge in [0.15, 0.2) is 17.3 Å². The first-order valence-electron chi connectivity index (χ1n) is 7.53.